The normalized spacial score (nSPS) is 11.9. The quantitative estimate of drug-likeness (QED) is 0.0919. The van der Waals surface area contributed by atoms with Crippen molar-refractivity contribution in [3.8, 4) is 0 Å². The third-order valence-electron chi connectivity index (χ3n) is 6.12. The predicted octanol–water partition coefficient (Wildman–Crippen LogP) is 6.76. The maximum absolute atomic E-state index is 13.7. The Kier molecular flexibility index (Phi) is 7.37. The summed E-state index contributed by atoms with van der Waals surface area (Å²) in [5, 5.41) is 4.33. The molecule has 4 aromatic carbocycles. The van der Waals surface area contributed by atoms with E-state index in [4.69, 9.17) is 10.6 Å². The monoisotopic (exact) mass is 579 g/mol. The summed E-state index contributed by atoms with van der Waals surface area (Å²) >= 11 is 3.38. The fraction of sp³-hybridized carbons (Fsp3) is 0.0333. The lowest BCUT2D eigenvalue weighted by molar-refractivity contribution is -0.105. The first kappa shape index (κ1) is 25.9. The van der Waals surface area contributed by atoms with E-state index in [2.05, 4.69) is 19.5 Å². The van der Waals surface area contributed by atoms with E-state index in [-0.39, 0.29) is 16.7 Å². The number of carbonyl (C=O) groups excluding carboxylic acids is 1. The largest absolute Gasteiger partial charge is 0.374 e. The Balaban J connectivity index is 1.48. The molecule has 196 valence electrons. The number of hydrogen-bond donors (Lipinski definition) is 1. The van der Waals surface area contributed by atoms with Crippen molar-refractivity contribution in [2.45, 2.75) is 9.94 Å². The standard InChI is InChI=1S/C30H21N5O2S3/c31-28-33-26(35-40-28)25(27(36)39-29-32-23-18-10-11-19-24(23)38-29)34-37-30(20-12-4-1-5-13-20,21-14-6-2-7-15-21)22-16-8-3-9-17-22/h1-19H,(H2,31,33,35). The molecule has 0 saturated heterocycles. The van der Waals surface area contributed by atoms with Crippen LogP contribution in [0.2, 0.25) is 0 Å². The maximum atomic E-state index is 13.7. The summed E-state index contributed by atoms with van der Waals surface area (Å²) in [6.07, 6.45) is 0. The Labute approximate surface area is 242 Å². The van der Waals surface area contributed by atoms with Crippen LogP contribution in [-0.4, -0.2) is 25.2 Å². The Morgan fingerprint density at radius 3 is 1.85 bits per heavy atom. The zero-order valence-corrected chi connectivity index (χ0v) is 23.3. The molecule has 0 spiro atoms. The van der Waals surface area contributed by atoms with Gasteiger partial charge in [0.05, 0.1) is 10.2 Å². The van der Waals surface area contributed by atoms with Gasteiger partial charge in [-0.1, -0.05) is 108 Å². The van der Waals surface area contributed by atoms with Crippen LogP contribution >= 0.6 is 34.6 Å². The Bertz CT molecular complexity index is 1660. The molecule has 0 aliphatic heterocycles. The van der Waals surface area contributed by atoms with Crippen LogP contribution in [0.15, 0.2) is 125 Å². The van der Waals surface area contributed by atoms with Crippen LogP contribution in [0.1, 0.15) is 22.5 Å². The molecule has 0 fully saturated rings. The molecule has 0 atom stereocenters. The number of oxime groups is 1. The van der Waals surface area contributed by atoms with Crippen molar-refractivity contribution in [1.29, 1.82) is 0 Å². The number of carbonyl (C=O) groups is 1. The number of rotatable bonds is 8. The lowest BCUT2D eigenvalue weighted by Crippen LogP contribution is -2.32. The van der Waals surface area contributed by atoms with Gasteiger partial charge < -0.3 is 10.6 Å². The van der Waals surface area contributed by atoms with E-state index in [9.17, 15) is 4.79 Å². The molecular weight excluding hydrogens is 559 g/mol. The lowest BCUT2D eigenvalue weighted by Gasteiger charge is -2.33. The number of para-hydroxylation sites is 1. The average molecular weight is 580 g/mol. The summed E-state index contributed by atoms with van der Waals surface area (Å²) in [5.74, 6) is 0.101. The van der Waals surface area contributed by atoms with E-state index in [0.717, 1.165) is 50.2 Å². The fourth-order valence-electron chi connectivity index (χ4n) is 4.31. The molecule has 7 nitrogen and oxygen atoms in total. The molecule has 40 heavy (non-hydrogen) atoms. The molecule has 0 radical (unpaired) electrons. The third-order valence-corrected chi connectivity index (χ3v) is 8.63. The lowest BCUT2D eigenvalue weighted by atomic mass is 9.80. The average Bonchev–Trinajstić information content (AvgIpc) is 3.62. The summed E-state index contributed by atoms with van der Waals surface area (Å²) < 4.78 is 5.86. The number of thiazole rings is 1. The van der Waals surface area contributed by atoms with Gasteiger partial charge in [-0.3, -0.25) is 4.79 Å². The topological polar surface area (TPSA) is 103 Å². The van der Waals surface area contributed by atoms with Gasteiger partial charge in [-0.15, -0.1) is 11.3 Å². The van der Waals surface area contributed by atoms with E-state index in [0.29, 0.717) is 4.34 Å². The minimum Gasteiger partial charge on any atom is -0.374 e. The van der Waals surface area contributed by atoms with Crippen LogP contribution in [0, 0.1) is 0 Å². The summed E-state index contributed by atoms with van der Waals surface area (Å²) in [6.45, 7) is 0. The first-order chi connectivity index (χ1) is 19.6. The Morgan fingerprint density at radius 1 is 0.775 bits per heavy atom. The summed E-state index contributed by atoms with van der Waals surface area (Å²) in [6, 6.07) is 37.1. The second kappa shape index (κ2) is 11.4. The number of nitrogens with zero attached hydrogens (tertiary/aromatic N) is 4. The van der Waals surface area contributed by atoms with E-state index >= 15 is 0 Å². The maximum Gasteiger partial charge on any atom is 0.252 e. The minimum absolute atomic E-state index is 0.0515. The highest BCUT2D eigenvalue weighted by atomic mass is 32.2. The van der Waals surface area contributed by atoms with Crippen LogP contribution in [0.25, 0.3) is 10.2 Å². The highest BCUT2D eigenvalue weighted by Gasteiger charge is 2.40. The summed E-state index contributed by atoms with van der Waals surface area (Å²) in [7, 11) is 0. The highest BCUT2D eigenvalue weighted by Crippen LogP contribution is 2.41. The minimum atomic E-state index is -1.17. The highest BCUT2D eigenvalue weighted by molar-refractivity contribution is 8.16. The molecule has 0 amide bonds. The van der Waals surface area contributed by atoms with Gasteiger partial charge in [-0.25, -0.2) is 4.98 Å². The van der Waals surface area contributed by atoms with Gasteiger partial charge in [-0.2, -0.15) is 9.36 Å². The van der Waals surface area contributed by atoms with E-state index < -0.39 is 10.7 Å². The van der Waals surface area contributed by atoms with Gasteiger partial charge in [0, 0.05) is 28.2 Å². The fourth-order valence-corrected chi connectivity index (χ4v) is 6.64. The second-order valence-corrected chi connectivity index (χ2v) is 11.6. The van der Waals surface area contributed by atoms with Crippen molar-refractivity contribution in [2.24, 2.45) is 5.16 Å². The molecule has 6 rings (SSSR count). The molecule has 0 aliphatic rings. The third kappa shape index (κ3) is 5.12. The molecule has 0 bridgehead atoms. The van der Waals surface area contributed by atoms with E-state index in [1.165, 1.54) is 11.3 Å². The van der Waals surface area contributed by atoms with Crippen molar-refractivity contribution >= 4 is 60.8 Å². The Hall–Kier alpha value is -4.38. The first-order valence-corrected chi connectivity index (χ1v) is 14.6. The number of nitrogens with two attached hydrogens (primary N) is 1. The van der Waals surface area contributed by atoms with Crippen LogP contribution in [0.4, 0.5) is 5.13 Å². The molecule has 0 unspecified atom stereocenters. The number of benzene rings is 4. The molecule has 2 heterocycles. The van der Waals surface area contributed by atoms with Gasteiger partial charge >= 0.3 is 0 Å². The van der Waals surface area contributed by atoms with Gasteiger partial charge in [0.1, 0.15) is 0 Å². The molecular formula is C30H21N5O2S3. The van der Waals surface area contributed by atoms with E-state index in [1.54, 1.807) is 0 Å². The predicted molar refractivity (Wildman–Crippen MR) is 162 cm³/mol. The van der Waals surface area contributed by atoms with Crippen molar-refractivity contribution in [3.63, 3.8) is 0 Å². The number of thioether (sulfide) groups is 1. The molecule has 0 aliphatic carbocycles. The van der Waals surface area contributed by atoms with Crippen molar-refractivity contribution < 1.29 is 9.63 Å². The number of anilines is 1. The summed E-state index contributed by atoms with van der Waals surface area (Å²) in [5.41, 5.74) is 8.02. The van der Waals surface area contributed by atoms with Gasteiger partial charge in [0.15, 0.2) is 9.47 Å². The zero-order valence-electron chi connectivity index (χ0n) is 20.9. The van der Waals surface area contributed by atoms with Crippen molar-refractivity contribution in [1.82, 2.24) is 14.3 Å². The zero-order chi connectivity index (χ0) is 27.4. The van der Waals surface area contributed by atoms with Gasteiger partial charge in [0.2, 0.25) is 17.1 Å². The smallest absolute Gasteiger partial charge is 0.252 e. The van der Waals surface area contributed by atoms with Gasteiger partial charge in [0.25, 0.3) is 5.12 Å². The SMILES string of the molecule is Nc1nc(C(=NOC(c2ccccc2)(c2ccccc2)c2ccccc2)C(=O)Sc2nc3ccccc3s2)ns1. The van der Waals surface area contributed by atoms with Crippen LogP contribution in [0.5, 0.6) is 0 Å². The van der Waals surface area contributed by atoms with Crippen molar-refractivity contribution in [3.05, 3.63) is 138 Å². The van der Waals surface area contributed by atoms with Crippen LogP contribution < -0.4 is 5.73 Å². The summed E-state index contributed by atoms with van der Waals surface area (Å²) in [4.78, 5) is 29.1. The van der Waals surface area contributed by atoms with Gasteiger partial charge in [-0.05, 0) is 23.9 Å². The van der Waals surface area contributed by atoms with Crippen LogP contribution in [-0.2, 0) is 15.2 Å². The molecule has 2 N–H and O–H groups in total. The number of hydrogen-bond acceptors (Lipinski definition) is 10. The molecule has 0 saturated carbocycles. The first-order valence-electron chi connectivity index (χ1n) is 12.2. The Morgan fingerprint density at radius 2 is 1.32 bits per heavy atom. The number of nitrogen functional groups attached to an aromatic ring is 1. The molecule has 6 aromatic rings. The molecule has 10 heteroatoms. The van der Waals surface area contributed by atoms with E-state index in [1.807, 2.05) is 115 Å². The second-order valence-electron chi connectivity index (χ2n) is 8.60. The van der Waals surface area contributed by atoms with Crippen molar-refractivity contribution in [2.75, 3.05) is 5.73 Å². The number of aromatic nitrogens is 3. The number of fused-ring (bicyclic) bond motifs is 1. The molecule has 2 aromatic heterocycles. The van der Waals surface area contributed by atoms with Crippen LogP contribution in [0.3, 0.4) is 0 Å².